The predicted molar refractivity (Wildman–Crippen MR) is 82.5 cm³/mol. The number of carbonyl (C=O) groups is 2. The van der Waals surface area contributed by atoms with Gasteiger partial charge in [-0.05, 0) is 37.1 Å². The van der Waals surface area contributed by atoms with Gasteiger partial charge in [0.15, 0.2) is 0 Å². The maximum Gasteiger partial charge on any atom is 0.416 e. The van der Waals surface area contributed by atoms with Crippen LogP contribution < -0.4 is 5.32 Å². The molecule has 1 aliphatic heterocycles. The Hall–Kier alpha value is -2.74. The number of amides is 2. The number of nitrogens with one attached hydrogen (secondary N) is 1. The van der Waals surface area contributed by atoms with Crippen LogP contribution in [-0.4, -0.2) is 41.9 Å². The molecule has 0 saturated carbocycles. The molecule has 1 fully saturated rings. The quantitative estimate of drug-likeness (QED) is 0.510. The summed E-state index contributed by atoms with van der Waals surface area (Å²) in [6, 6.07) is 3.51. The smallest absolute Gasteiger partial charge is 0.343 e. The van der Waals surface area contributed by atoms with E-state index in [4.69, 9.17) is 5.53 Å². The Morgan fingerprint density at radius 1 is 1.44 bits per heavy atom. The van der Waals surface area contributed by atoms with E-state index in [0.29, 0.717) is 6.42 Å². The Morgan fingerprint density at radius 3 is 2.80 bits per heavy atom. The van der Waals surface area contributed by atoms with E-state index in [1.165, 1.54) is 11.0 Å². The number of rotatable bonds is 4. The summed E-state index contributed by atoms with van der Waals surface area (Å²) < 4.78 is 38.0. The molecule has 1 saturated heterocycles. The van der Waals surface area contributed by atoms with Crippen LogP contribution in [0.5, 0.6) is 0 Å². The first kappa shape index (κ1) is 18.6. The summed E-state index contributed by atoms with van der Waals surface area (Å²) in [7, 11) is 0. The molecule has 1 aromatic carbocycles. The molecule has 1 unspecified atom stereocenters. The lowest BCUT2D eigenvalue weighted by Gasteiger charge is -2.21. The normalized spacial score (nSPS) is 20.1. The second-order valence-electron chi connectivity index (χ2n) is 5.75. The van der Waals surface area contributed by atoms with Gasteiger partial charge < -0.3 is 10.2 Å². The van der Waals surface area contributed by atoms with E-state index < -0.39 is 17.6 Å². The molecule has 2 amide bonds. The summed E-state index contributed by atoms with van der Waals surface area (Å²) in [6.45, 7) is 1.70. The first-order valence-corrected chi connectivity index (χ1v) is 7.51. The Labute approximate surface area is 141 Å². The SMILES string of the molecule is C[C@@H]1CC(N=[N+]=[N-])CN1C(=O)CNC(=O)c1cccc(C(F)(F)F)c1. The topological polar surface area (TPSA) is 98.2 Å². The van der Waals surface area contributed by atoms with Gasteiger partial charge in [-0.3, -0.25) is 9.59 Å². The number of nitrogens with zero attached hydrogens (tertiary/aromatic N) is 4. The molecule has 2 atom stereocenters. The molecule has 1 aliphatic rings. The first-order chi connectivity index (χ1) is 11.7. The van der Waals surface area contributed by atoms with Crippen LogP contribution in [0.4, 0.5) is 13.2 Å². The highest BCUT2D eigenvalue weighted by atomic mass is 19.4. The van der Waals surface area contributed by atoms with Gasteiger partial charge in [0.25, 0.3) is 5.91 Å². The van der Waals surface area contributed by atoms with Crippen LogP contribution in [0.25, 0.3) is 10.4 Å². The standard InChI is InChI=1S/C15H16F3N5O2/c1-9-5-12(21-22-19)8-23(9)13(24)7-20-14(25)10-3-2-4-11(6-10)15(16,17)18/h2-4,6,9,12H,5,7-8H2,1H3,(H,20,25)/t9-,12?/m1/s1. The Bertz CT molecular complexity index is 715. The van der Waals surface area contributed by atoms with Gasteiger partial charge in [-0.25, -0.2) is 0 Å². The second kappa shape index (κ2) is 7.43. The lowest BCUT2D eigenvalue weighted by Crippen LogP contribution is -2.42. The van der Waals surface area contributed by atoms with Crippen molar-refractivity contribution in [2.75, 3.05) is 13.1 Å². The van der Waals surface area contributed by atoms with Gasteiger partial charge in [-0.2, -0.15) is 13.2 Å². The molecule has 1 N–H and O–H groups in total. The third-order valence-electron chi connectivity index (χ3n) is 3.94. The highest BCUT2D eigenvalue weighted by Gasteiger charge is 2.32. The third-order valence-corrected chi connectivity index (χ3v) is 3.94. The number of halogens is 3. The Morgan fingerprint density at radius 2 is 2.16 bits per heavy atom. The number of carbonyl (C=O) groups excluding carboxylic acids is 2. The maximum atomic E-state index is 12.7. The van der Waals surface area contributed by atoms with Crippen LogP contribution in [0.1, 0.15) is 29.3 Å². The molecule has 1 heterocycles. The highest BCUT2D eigenvalue weighted by Crippen LogP contribution is 2.29. The van der Waals surface area contributed by atoms with Crippen molar-refractivity contribution in [3.8, 4) is 0 Å². The largest absolute Gasteiger partial charge is 0.416 e. The van der Waals surface area contributed by atoms with Gasteiger partial charge in [0.05, 0.1) is 18.2 Å². The van der Waals surface area contributed by atoms with E-state index in [2.05, 4.69) is 15.3 Å². The fourth-order valence-electron chi connectivity index (χ4n) is 2.70. The van der Waals surface area contributed by atoms with Crippen LogP contribution >= 0.6 is 0 Å². The van der Waals surface area contributed by atoms with E-state index in [0.717, 1.165) is 18.2 Å². The molecule has 0 spiro atoms. The van der Waals surface area contributed by atoms with Crippen molar-refractivity contribution in [2.45, 2.75) is 31.6 Å². The van der Waals surface area contributed by atoms with Gasteiger partial charge >= 0.3 is 6.18 Å². The summed E-state index contributed by atoms with van der Waals surface area (Å²) in [5.74, 6) is -1.15. The molecule has 7 nitrogen and oxygen atoms in total. The fraction of sp³-hybridized carbons (Fsp3) is 0.467. The molecule has 0 aromatic heterocycles. The second-order valence-corrected chi connectivity index (χ2v) is 5.75. The fourth-order valence-corrected chi connectivity index (χ4v) is 2.70. The Balaban J connectivity index is 1.96. The summed E-state index contributed by atoms with van der Waals surface area (Å²) in [6.07, 6.45) is -4.02. The molecule has 134 valence electrons. The molecule has 10 heteroatoms. The average molecular weight is 355 g/mol. The molecule has 0 bridgehead atoms. The van der Waals surface area contributed by atoms with Gasteiger partial charge in [0.2, 0.25) is 5.91 Å². The lowest BCUT2D eigenvalue weighted by molar-refractivity contribution is -0.137. The number of likely N-dealkylation sites (tertiary alicyclic amines) is 1. The van der Waals surface area contributed by atoms with E-state index in [-0.39, 0.29) is 36.6 Å². The van der Waals surface area contributed by atoms with Crippen LogP contribution in [0.15, 0.2) is 29.4 Å². The molecular formula is C15H16F3N5O2. The van der Waals surface area contributed by atoms with Crippen molar-refractivity contribution in [3.05, 3.63) is 45.8 Å². The summed E-state index contributed by atoms with van der Waals surface area (Å²) in [5.41, 5.74) is 7.33. The van der Waals surface area contributed by atoms with Crippen LogP contribution in [-0.2, 0) is 11.0 Å². The minimum Gasteiger partial charge on any atom is -0.343 e. The van der Waals surface area contributed by atoms with Crippen molar-refractivity contribution in [2.24, 2.45) is 5.11 Å². The minimum atomic E-state index is -4.55. The molecule has 0 radical (unpaired) electrons. The van der Waals surface area contributed by atoms with E-state index in [9.17, 15) is 22.8 Å². The van der Waals surface area contributed by atoms with Gasteiger partial charge in [-0.1, -0.05) is 11.2 Å². The van der Waals surface area contributed by atoms with Crippen molar-refractivity contribution in [3.63, 3.8) is 0 Å². The van der Waals surface area contributed by atoms with E-state index >= 15 is 0 Å². The first-order valence-electron chi connectivity index (χ1n) is 7.51. The molecule has 0 aliphatic carbocycles. The number of hydrogen-bond acceptors (Lipinski definition) is 3. The number of alkyl halides is 3. The zero-order chi connectivity index (χ0) is 18.6. The summed E-state index contributed by atoms with van der Waals surface area (Å²) in [5, 5.41) is 5.90. The van der Waals surface area contributed by atoms with Gasteiger partial charge in [-0.15, -0.1) is 0 Å². The zero-order valence-electron chi connectivity index (χ0n) is 13.3. The molecule has 2 rings (SSSR count). The van der Waals surface area contributed by atoms with E-state index in [1.807, 2.05) is 0 Å². The summed E-state index contributed by atoms with van der Waals surface area (Å²) in [4.78, 5) is 28.3. The molecule has 25 heavy (non-hydrogen) atoms. The third kappa shape index (κ3) is 4.63. The zero-order valence-corrected chi connectivity index (χ0v) is 13.3. The van der Waals surface area contributed by atoms with Crippen molar-refractivity contribution in [1.82, 2.24) is 10.2 Å². The lowest BCUT2D eigenvalue weighted by atomic mass is 10.1. The van der Waals surface area contributed by atoms with Crippen LogP contribution in [0.2, 0.25) is 0 Å². The summed E-state index contributed by atoms with van der Waals surface area (Å²) >= 11 is 0. The minimum absolute atomic E-state index is 0.145. The number of azide groups is 1. The predicted octanol–water partition coefficient (Wildman–Crippen LogP) is 2.73. The molecule has 1 aromatic rings. The van der Waals surface area contributed by atoms with Crippen LogP contribution in [0, 0.1) is 0 Å². The average Bonchev–Trinajstić information content (AvgIpc) is 2.92. The number of benzene rings is 1. The highest BCUT2D eigenvalue weighted by molar-refractivity contribution is 5.96. The van der Waals surface area contributed by atoms with Crippen LogP contribution in [0.3, 0.4) is 0 Å². The van der Waals surface area contributed by atoms with Gasteiger partial charge in [0, 0.05) is 23.1 Å². The molecular weight excluding hydrogens is 339 g/mol. The van der Waals surface area contributed by atoms with E-state index in [1.54, 1.807) is 6.92 Å². The number of hydrogen-bond donors (Lipinski definition) is 1. The van der Waals surface area contributed by atoms with Crippen molar-refractivity contribution in [1.29, 1.82) is 0 Å². The van der Waals surface area contributed by atoms with Crippen molar-refractivity contribution < 1.29 is 22.8 Å². The van der Waals surface area contributed by atoms with Crippen molar-refractivity contribution >= 4 is 11.8 Å². The maximum absolute atomic E-state index is 12.7. The van der Waals surface area contributed by atoms with Gasteiger partial charge in [0.1, 0.15) is 0 Å². The monoisotopic (exact) mass is 355 g/mol. The Kier molecular flexibility index (Phi) is 5.53.